The molecule has 3 aromatic rings. The average Bonchev–Trinajstić information content (AvgIpc) is 3.17. The molecule has 4 rings (SSSR count). The molecule has 0 saturated carbocycles. The molecular weight excluding hydrogens is 356 g/mol. The van der Waals surface area contributed by atoms with Crippen molar-refractivity contribution in [2.24, 2.45) is 5.10 Å². The van der Waals surface area contributed by atoms with Crippen LogP contribution in [-0.2, 0) is 11.2 Å². The highest BCUT2D eigenvalue weighted by atomic mass is 16.7. The molecule has 142 valence electrons. The van der Waals surface area contributed by atoms with E-state index in [9.17, 15) is 4.79 Å². The summed E-state index contributed by atoms with van der Waals surface area (Å²) in [4.78, 5) is 12.2. The number of hydrogen-bond donors (Lipinski definition) is 1. The van der Waals surface area contributed by atoms with E-state index in [0.717, 1.165) is 27.6 Å². The zero-order valence-corrected chi connectivity index (χ0v) is 15.5. The number of fused-ring (bicyclic) bond motifs is 2. The van der Waals surface area contributed by atoms with Gasteiger partial charge in [-0.3, -0.25) is 4.79 Å². The number of nitrogens with one attached hydrogen (secondary N) is 1. The second-order valence-electron chi connectivity index (χ2n) is 6.29. The van der Waals surface area contributed by atoms with Gasteiger partial charge in [0.15, 0.2) is 11.5 Å². The maximum atomic E-state index is 12.2. The average molecular weight is 376 g/mol. The first-order chi connectivity index (χ1) is 13.7. The predicted octanol–water partition coefficient (Wildman–Crippen LogP) is 3.66. The summed E-state index contributed by atoms with van der Waals surface area (Å²) in [5.74, 6) is 1.87. The first-order valence-corrected chi connectivity index (χ1v) is 9.09. The molecule has 0 aromatic heterocycles. The number of rotatable bonds is 6. The zero-order chi connectivity index (χ0) is 19.3. The van der Waals surface area contributed by atoms with Crippen molar-refractivity contribution in [2.75, 3.05) is 13.4 Å². The summed E-state index contributed by atoms with van der Waals surface area (Å²) in [5, 5.41) is 6.24. The largest absolute Gasteiger partial charge is 0.493 e. The Morgan fingerprint density at radius 2 is 2.00 bits per heavy atom. The van der Waals surface area contributed by atoms with Gasteiger partial charge in [-0.1, -0.05) is 36.4 Å². The van der Waals surface area contributed by atoms with Gasteiger partial charge in [0, 0.05) is 5.56 Å². The van der Waals surface area contributed by atoms with Gasteiger partial charge in [0.2, 0.25) is 12.7 Å². The molecule has 1 heterocycles. The molecule has 0 bridgehead atoms. The first-order valence-electron chi connectivity index (χ1n) is 9.09. The maximum Gasteiger partial charge on any atom is 0.244 e. The highest BCUT2D eigenvalue weighted by molar-refractivity contribution is 6.02. The van der Waals surface area contributed by atoms with Gasteiger partial charge < -0.3 is 14.2 Å². The van der Waals surface area contributed by atoms with Crippen LogP contribution in [0.3, 0.4) is 0 Å². The van der Waals surface area contributed by atoms with Crippen molar-refractivity contribution in [3.05, 3.63) is 65.7 Å². The van der Waals surface area contributed by atoms with E-state index < -0.39 is 0 Å². The number of amides is 1. The summed E-state index contributed by atoms with van der Waals surface area (Å²) in [6.45, 7) is 2.70. The van der Waals surface area contributed by atoms with Crippen molar-refractivity contribution in [2.45, 2.75) is 13.3 Å². The molecule has 0 unspecified atom stereocenters. The van der Waals surface area contributed by atoms with E-state index in [1.807, 2.05) is 55.5 Å². The fourth-order valence-electron chi connectivity index (χ4n) is 3.13. The predicted molar refractivity (Wildman–Crippen MR) is 107 cm³/mol. The Balaban J connectivity index is 1.48. The Kier molecular flexibility index (Phi) is 5.10. The smallest absolute Gasteiger partial charge is 0.244 e. The van der Waals surface area contributed by atoms with Crippen molar-refractivity contribution in [1.82, 2.24) is 5.43 Å². The second kappa shape index (κ2) is 8.00. The Bertz CT molecular complexity index is 1050. The number of hydrogen-bond acceptors (Lipinski definition) is 5. The molecular formula is C22H20N2O4. The zero-order valence-electron chi connectivity index (χ0n) is 15.5. The fraction of sp³-hybridized carbons (Fsp3) is 0.182. The molecule has 0 radical (unpaired) electrons. The number of nitrogens with zero attached hydrogens (tertiary/aromatic N) is 1. The molecule has 1 amide bonds. The summed E-state index contributed by atoms with van der Waals surface area (Å²) in [7, 11) is 0. The summed E-state index contributed by atoms with van der Waals surface area (Å²) < 4.78 is 16.3. The minimum absolute atomic E-state index is 0.196. The van der Waals surface area contributed by atoms with Crippen LogP contribution in [0.5, 0.6) is 17.2 Å². The Morgan fingerprint density at radius 3 is 2.89 bits per heavy atom. The highest BCUT2D eigenvalue weighted by Crippen LogP contribution is 2.32. The third kappa shape index (κ3) is 3.76. The molecule has 0 aliphatic carbocycles. The van der Waals surface area contributed by atoms with Crippen LogP contribution in [0.25, 0.3) is 10.8 Å². The summed E-state index contributed by atoms with van der Waals surface area (Å²) in [5.41, 5.74) is 4.25. The van der Waals surface area contributed by atoms with Crippen molar-refractivity contribution in [3.8, 4) is 17.2 Å². The third-order valence-corrected chi connectivity index (χ3v) is 4.42. The lowest BCUT2D eigenvalue weighted by molar-refractivity contribution is -0.120. The molecule has 0 saturated heterocycles. The third-order valence-electron chi connectivity index (χ3n) is 4.42. The lowest BCUT2D eigenvalue weighted by atomic mass is 10.0. The first kappa shape index (κ1) is 17.9. The molecule has 6 heteroatoms. The van der Waals surface area contributed by atoms with Crippen LogP contribution in [0.4, 0.5) is 0 Å². The minimum Gasteiger partial charge on any atom is -0.493 e. The van der Waals surface area contributed by atoms with Gasteiger partial charge in [0.25, 0.3) is 0 Å². The Morgan fingerprint density at radius 1 is 1.14 bits per heavy atom. The van der Waals surface area contributed by atoms with Crippen LogP contribution < -0.4 is 19.6 Å². The number of benzene rings is 3. The van der Waals surface area contributed by atoms with Gasteiger partial charge in [-0.2, -0.15) is 5.10 Å². The second-order valence-corrected chi connectivity index (χ2v) is 6.29. The maximum absolute atomic E-state index is 12.2. The monoisotopic (exact) mass is 376 g/mol. The van der Waals surface area contributed by atoms with Crippen LogP contribution in [-0.4, -0.2) is 25.5 Å². The van der Waals surface area contributed by atoms with Gasteiger partial charge in [-0.15, -0.1) is 0 Å². The van der Waals surface area contributed by atoms with Gasteiger partial charge in [0.05, 0.1) is 19.2 Å². The van der Waals surface area contributed by atoms with Crippen LogP contribution in [0.2, 0.25) is 0 Å². The van der Waals surface area contributed by atoms with Gasteiger partial charge in [-0.05, 0) is 41.5 Å². The van der Waals surface area contributed by atoms with E-state index in [2.05, 4.69) is 10.5 Å². The highest BCUT2D eigenvalue weighted by Gasteiger charge is 2.14. The topological polar surface area (TPSA) is 69.2 Å². The van der Waals surface area contributed by atoms with Crippen molar-refractivity contribution in [1.29, 1.82) is 0 Å². The van der Waals surface area contributed by atoms with E-state index >= 15 is 0 Å². The lowest BCUT2D eigenvalue weighted by Crippen LogP contribution is -2.19. The van der Waals surface area contributed by atoms with Gasteiger partial charge >= 0.3 is 0 Å². The molecule has 0 atom stereocenters. The SMILES string of the molecule is CCOc1ccc2ccccc2c1/C=N\NC(=O)Cc1ccc2c(c1)OCO2. The summed E-state index contributed by atoms with van der Waals surface area (Å²) >= 11 is 0. The number of carbonyl (C=O) groups excluding carboxylic acids is 1. The molecule has 28 heavy (non-hydrogen) atoms. The quantitative estimate of drug-likeness (QED) is 0.527. The van der Waals surface area contributed by atoms with Crippen LogP contribution in [0, 0.1) is 0 Å². The van der Waals surface area contributed by atoms with Crippen LogP contribution in [0.15, 0.2) is 59.7 Å². The van der Waals surface area contributed by atoms with Crippen molar-refractivity contribution < 1.29 is 19.0 Å². The molecule has 1 aliphatic rings. The molecule has 1 N–H and O–H groups in total. The number of carbonyl (C=O) groups is 1. The molecule has 1 aliphatic heterocycles. The van der Waals surface area contributed by atoms with Crippen LogP contribution in [0.1, 0.15) is 18.1 Å². The fourth-order valence-corrected chi connectivity index (χ4v) is 3.13. The minimum atomic E-state index is -0.215. The Labute approximate surface area is 162 Å². The molecule has 0 spiro atoms. The summed E-state index contributed by atoms with van der Waals surface area (Å²) in [6, 6.07) is 17.4. The lowest BCUT2D eigenvalue weighted by Gasteiger charge is -2.10. The standard InChI is InChI=1S/C22H20N2O4/c1-2-26-19-10-8-16-5-3-4-6-17(16)18(19)13-23-24-22(25)12-15-7-9-20-21(11-15)28-14-27-20/h3-11,13H,2,12,14H2,1H3,(H,24,25)/b23-13-. The van der Waals surface area contributed by atoms with Crippen molar-refractivity contribution in [3.63, 3.8) is 0 Å². The van der Waals surface area contributed by atoms with E-state index in [1.165, 1.54) is 0 Å². The Hall–Kier alpha value is -3.54. The van der Waals surface area contributed by atoms with Crippen LogP contribution >= 0.6 is 0 Å². The van der Waals surface area contributed by atoms with E-state index in [-0.39, 0.29) is 19.1 Å². The molecule has 0 fully saturated rings. The van der Waals surface area contributed by atoms with Gasteiger partial charge in [-0.25, -0.2) is 5.43 Å². The van der Waals surface area contributed by atoms with Gasteiger partial charge in [0.1, 0.15) is 5.75 Å². The van der Waals surface area contributed by atoms with E-state index in [1.54, 1.807) is 12.3 Å². The summed E-state index contributed by atoms with van der Waals surface area (Å²) in [6.07, 6.45) is 1.83. The van der Waals surface area contributed by atoms with E-state index in [4.69, 9.17) is 14.2 Å². The molecule has 6 nitrogen and oxygen atoms in total. The van der Waals surface area contributed by atoms with E-state index in [0.29, 0.717) is 18.1 Å². The number of hydrazone groups is 1. The molecule has 3 aromatic carbocycles. The normalized spacial score (nSPS) is 12.5. The van der Waals surface area contributed by atoms with Crippen molar-refractivity contribution >= 4 is 22.9 Å². The number of ether oxygens (including phenoxy) is 3.